The zero-order chi connectivity index (χ0) is 27.6. The Labute approximate surface area is 225 Å². The van der Waals surface area contributed by atoms with Gasteiger partial charge in [0.25, 0.3) is 0 Å². The van der Waals surface area contributed by atoms with E-state index < -0.39 is 32.5 Å². The Morgan fingerprint density at radius 3 is 1.70 bits per heavy atom. The smallest absolute Gasteiger partial charge is 0.462 e. The largest absolute Gasteiger partial charge is 0.472 e. The fourth-order valence-electron chi connectivity index (χ4n) is 3.85. The summed E-state index contributed by atoms with van der Waals surface area (Å²) in [6.07, 6.45) is 18.7. The van der Waals surface area contributed by atoms with E-state index in [0.717, 1.165) is 12.8 Å². The van der Waals surface area contributed by atoms with Crippen LogP contribution in [-0.4, -0.2) is 49.3 Å². The summed E-state index contributed by atoms with van der Waals surface area (Å²) in [6, 6.07) is 0. The Kier molecular flexibility index (Phi) is 24.6. The van der Waals surface area contributed by atoms with Gasteiger partial charge in [0.05, 0.1) is 13.2 Å². The van der Waals surface area contributed by atoms with Crippen molar-refractivity contribution in [2.45, 2.75) is 136 Å². The van der Waals surface area contributed by atoms with Gasteiger partial charge in [-0.05, 0) is 12.8 Å². The molecule has 37 heavy (non-hydrogen) atoms. The van der Waals surface area contributed by atoms with Gasteiger partial charge in [-0.15, -0.1) is 0 Å². The van der Waals surface area contributed by atoms with Gasteiger partial charge in [-0.2, -0.15) is 0 Å². The summed E-state index contributed by atoms with van der Waals surface area (Å²) >= 11 is 0. The molecule has 0 aliphatic heterocycles. The Hall–Kier alpha value is -0.990. The number of ether oxygens (including phenoxy) is 2. The van der Waals surface area contributed by atoms with Gasteiger partial charge >= 0.3 is 19.8 Å². The van der Waals surface area contributed by atoms with Crippen molar-refractivity contribution in [1.82, 2.24) is 0 Å². The molecule has 10 heteroatoms. The molecule has 0 spiro atoms. The number of rotatable bonds is 27. The number of hydrogen-bond acceptors (Lipinski definition) is 8. The van der Waals surface area contributed by atoms with Crippen molar-refractivity contribution in [2.24, 2.45) is 5.73 Å². The Morgan fingerprint density at radius 2 is 1.22 bits per heavy atom. The molecule has 0 heterocycles. The van der Waals surface area contributed by atoms with Gasteiger partial charge in [0.1, 0.15) is 6.61 Å². The number of nitrogens with two attached hydrogens (primary N) is 1. The zero-order valence-corrected chi connectivity index (χ0v) is 24.4. The van der Waals surface area contributed by atoms with Crippen LogP contribution in [0.15, 0.2) is 0 Å². The number of phosphoric ester groups is 1. The summed E-state index contributed by atoms with van der Waals surface area (Å²) < 4.78 is 31.8. The highest BCUT2D eigenvalue weighted by Gasteiger charge is 2.25. The normalized spacial score (nSPS) is 13.7. The summed E-state index contributed by atoms with van der Waals surface area (Å²) in [5.41, 5.74) is 5.26. The fraction of sp³-hybridized carbons (Fsp3) is 0.926. The van der Waals surface area contributed by atoms with E-state index in [-0.39, 0.29) is 32.6 Å². The van der Waals surface area contributed by atoms with Crippen LogP contribution in [-0.2, 0) is 32.7 Å². The molecule has 0 amide bonds. The lowest BCUT2D eigenvalue weighted by Crippen LogP contribution is -2.29. The van der Waals surface area contributed by atoms with Crippen molar-refractivity contribution in [2.75, 3.05) is 26.4 Å². The molecule has 9 nitrogen and oxygen atoms in total. The second kappa shape index (κ2) is 25.3. The molecular formula is C27H54NO8P. The minimum absolute atomic E-state index is 0.0558. The Bertz CT molecular complexity index is 605. The van der Waals surface area contributed by atoms with Gasteiger partial charge in [-0.3, -0.25) is 18.6 Å². The molecule has 1 unspecified atom stereocenters. The maximum Gasteiger partial charge on any atom is 0.472 e. The number of phosphoric acid groups is 1. The minimum Gasteiger partial charge on any atom is -0.462 e. The number of hydrogen-bond donors (Lipinski definition) is 2. The van der Waals surface area contributed by atoms with Crippen LogP contribution in [0, 0.1) is 0 Å². The van der Waals surface area contributed by atoms with Crippen LogP contribution < -0.4 is 5.73 Å². The standard InChI is InChI=1S/C27H54NO8P/c1-3-5-6-7-8-9-10-11-12-13-14-15-16-17-18-20-27(30)36-25(23-33-26(29)19-4-2)24-35-37(31,32)34-22-21-28/h25H,3-24,28H2,1-2H3,(H,31,32)/t25-/m1/s1. The molecular weight excluding hydrogens is 497 g/mol. The zero-order valence-electron chi connectivity index (χ0n) is 23.5. The molecule has 0 aliphatic carbocycles. The summed E-state index contributed by atoms with van der Waals surface area (Å²) in [4.78, 5) is 33.6. The lowest BCUT2D eigenvalue weighted by atomic mass is 10.0. The highest BCUT2D eigenvalue weighted by molar-refractivity contribution is 7.47. The number of unbranched alkanes of at least 4 members (excludes halogenated alkanes) is 14. The average Bonchev–Trinajstić information content (AvgIpc) is 2.87. The Balaban J connectivity index is 3.99. The van der Waals surface area contributed by atoms with E-state index >= 15 is 0 Å². The van der Waals surface area contributed by atoms with E-state index in [0.29, 0.717) is 12.8 Å². The first-order valence-electron chi connectivity index (χ1n) is 14.5. The Morgan fingerprint density at radius 1 is 0.703 bits per heavy atom. The van der Waals surface area contributed by atoms with Gasteiger partial charge in [-0.1, -0.05) is 104 Å². The van der Waals surface area contributed by atoms with Crippen LogP contribution in [0.5, 0.6) is 0 Å². The number of esters is 2. The fourth-order valence-corrected chi connectivity index (χ4v) is 4.61. The molecule has 0 rings (SSSR count). The van der Waals surface area contributed by atoms with Crippen molar-refractivity contribution >= 4 is 19.8 Å². The van der Waals surface area contributed by atoms with E-state index in [1.54, 1.807) is 0 Å². The molecule has 0 bridgehead atoms. The van der Waals surface area contributed by atoms with Gasteiger partial charge in [0.15, 0.2) is 6.10 Å². The van der Waals surface area contributed by atoms with Crippen molar-refractivity contribution < 1.29 is 37.6 Å². The van der Waals surface area contributed by atoms with Crippen LogP contribution in [0.25, 0.3) is 0 Å². The van der Waals surface area contributed by atoms with Gasteiger partial charge in [0, 0.05) is 19.4 Å². The first-order chi connectivity index (χ1) is 17.8. The molecule has 0 saturated carbocycles. The predicted molar refractivity (Wildman–Crippen MR) is 146 cm³/mol. The topological polar surface area (TPSA) is 134 Å². The molecule has 3 N–H and O–H groups in total. The number of carbonyl (C=O) groups excluding carboxylic acids is 2. The third-order valence-electron chi connectivity index (χ3n) is 5.96. The monoisotopic (exact) mass is 551 g/mol. The van der Waals surface area contributed by atoms with E-state index in [4.69, 9.17) is 19.7 Å². The van der Waals surface area contributed by atoms with Gasteiger partial charge < -0.3 is 20.1 Å². The molecule has 0 radical (unpaired) electrons. The highest BCUT2D eigenvalue weighted by atomic mass is 31.2. The molecule has 0 aliphatic rings. The first-order valence-corrected chi connectivity index (χ1v) is 16.0. The lowest BCUT2D eigenvalue weighted by Gasteiger charge is -2.19. The third kappa shape index (κ3) is 25.1. The maximum atomic E-state index is 12.3. The number of carbonyl (C=O) groups is 2. The van der Waals surface area contributed by atoms with E-state index in [1.165, 1.54) is 77.0 Å². The van der Waals surface area contributed by atoms with E-state index in [2.05, 4.69) is 11.4 Å². The SMILES string of the molecule is CCCCCCCCCCCCCCCCCC(=O)O[C@H](COC(=O)CCC)COP(=O)(O)OCCN. The summed E-state index contributed by atoms with van der Waals surface area (Å²) in [6.45, 7) is 3.32. The minimum atomic E-state index is -4.33. The van der Waals surface area contributed by atoms with Crippen molar-refractivity contribution in [3.8, 4) is 0 Å². The summed E-state index contributed by atoms with van der Waals surface area (Å²) in [7, 11) is -4.33. The summed E-state index contributed by atoms with van der Waals surface area (Å²) in [5, 5.41) is 0. The van der Waals surface area contributed by atoms with Crippen molar-refractivity contribution in [1.29, 1.82) is 0 Å². The lowest BCUT2D eigenvalue weighted by molar-refractivity contribution is -0.161. The quantitative estimate of drug-likeness (QED) is 0.0658. The second-order valence-corrected chi connectivity index (χ2v) is 11.1. The maximum absolute atomic E-state index is 12.3. The first kappa shape index (κ1) is 36.0. The molecule has 2 atom stereocenters. The predicted octanol–water partition coefficient (Wildman–Crippen LogP) is 6.60. The summed E-state index contributed by atoms with van der Waals surface area (Å²) in [5.74, 6) is -0.886. The average molecular weight is 552 g/mol. The van der Waals surface area contributed by atoms with Crippen LogP contribution in [0.3, 0.4) is 0 Å². The molecule has 0 aromatic rings. The molecule has 0 aromatic carbocycles. The molecule has 0 fully saturated rings. The van der Waals surface area contributed by atoms with Crippen LogP contribution in [0.4, 0.5) is 0 Å². The molecule has 0 saturated heterocycles. The van der Waals surface area contributed by atoms with Crippen molar-refractivity contribution in [3.05, 3.63) is 0 Å². The molecule has 220 valence electrons. The van der Waals surface area contributed by atoms with Crippen LogP contribution in [0.1, 0.15) is 129 Å². The van der Waals surface area contributed by atoms with Gasteiger partial charge in [0.2, 0.25) is 0 Å². The second-order valence-electron chi connectivity index (χ2n) is 9.63. The highest BCUT2D eigenvalue weighted by Crippen LogP contribution is 2.43. The van der Waals surface area contributed by atoms with Crippen LogP contribution in [0.2, 0.25) is 0 Å². The van der Waals surface area contributed by atoms with Gasteiger partial charge in [-0.25, -0.2) is 4.57 Å². The third-order valence-corrected chi connectivity index (χ3v) is 6.95. The molecule has 0 aromatic heterocycles. The van der Waals surface area contributed by atoms with E-state index in [1.807, 2.05) is 6.92 Å². The van der Waals surface area contributed by atoms with Crippen LogP contribution >= 0.6 is 7.82 Å². The van der Waals surface area contributed by atoms with Crippen molar-refractivity contribution in [3.63, 3.8) is 0 Å². The van der Waals surface area contributed by atoms with E-state index in [9.17, 15) is 19.0 Å².